The molecule has 5 aliphatic rings. The molecule has 1 aromatic rings. The van der Waals surface area contributed by atoms with Crippen LogP contribution in [0.15, 0.2) is 22.2 Å². The molecule has 1 aromatic heterocycles. The van der Waals surface area contributed by atoms with Crippen molar-refractivity contribution in [3.8, 4) is 0 Å². The van der Waals surface area contributed by atoms with Crippen LogP contribution in [-0.2, 0) is 0 Å². The van der Waals surface area contributed by atoms with Gasteiger partial charge in [-0.05, 0) is 24.4 Å². The monoisotopic (exact) mass is 419 g/mol. The molecule has 6 rings (SSSR count). The summed E-state index contributed by atoms with van der Waals surface area (Å²) in [6.07, 6.45) is 0.539. The fourth-order valence-electron chi connectivity index (χ4n) is 6.60. The van der Waals surface area contributed by atoms with E-state index in [0.29, 0.717) is 18.8 Å². The van der Waals surface area contributed by atoms with Crippen LogP contribution >= 0.6 is 11.6 Å². The molecule has 1 saturated carbocycles. The van der Waals surface area contributed by atoms with Crippen molar-refractivity contribution in [1.82, 2.24) is 20.5 Å². The smallest absolute Gasteiger partial charge is 0.272 e. The maximum atomic E-state index is 13.4. The van der Waals surface area contributed by atoms with Crippen LogP contribution in [0.4, 0.5) is 0 Å². The Kier molecular flexibility index (Phi) is 3.09. The first-order valence-electron chi connectivity index (χ1n) is 9.60. The predicted octanol–water partition coefficient (Wildman–Crippen LogP) is -2.46. The zero-order valence-electron chi connectivity index (χ0n) is 15.3. The fourth-order valence-corrected chi connectivity index (χ4v) is 7.19. The van der Waals surface area contributed by atoms with E-state index in [1.165, 1.54) is 0 Å². The Hall–Kier alpha value is -2.50. The van der Waals surface area contributed by atoms with Crippen molar-refractivity contribution >= 4 is 29.4 Å². The molecule has 12 heteroatoms. The molecular weight excluding hydrogens is 398 g/mol. The standard InChI is InChI=1S/C17H22ClN9O2/c18-10-6(3-19)7-4-27-12(28)8-5(1-2-22-8)11-17(27,26-14(20)23-11)9(7)16(10)13(29)24-15(21)25-16/h1-2,6-7,9-11,13,22,29H,3-4,19H2,(H3,20,23,26)(H3,21,24,25)/t6-,7?,9?,10-,11?,13-,16+,17-/m0/s1. The third kappa shape index (κ3) is 1.68. The number of guanidine groups is 2. The van der Waals surface area contributed by atoms with Crippen LogP contribution in [-0.4, -0.2) is 68.7 Å². The molecule has 5 heterocycles. The number of carbonyl (C=O) groups excluding carboxylic acids is 1. The van der Waals surface area contributed by atoms with Gasteiger partial charge in [0.25, 0.3) is 5.91 Å². The normalized spacial score (nSPS) is 46.6. The number of H-pyrrole nitrogens is 1. The molecule has 4 aliphatic heterocycles. The summed E-state index contributed by atoms with van der Waals surface area (Å²) in [7, 11) is 0. The molecule has 154 valence electrons. The van der Waals surface area contributed by atoms with Crippen LogP contribution in [0.1, 0.15) is 22.1 Å². The van der Waals surface area contributed by atoms with E-state index in [1.54, 1.807) is 11.1 Å². The minimum Gasteiger partial charge on any atom is -0.370 e. The number of nitrogens with one attached hydrogen (secondary N) is 3. The van der Waals surface area contributed by atoms with E-state index in [1.807, 2.05) is 6.07 Å². The van der Waals surface area contributed by atoms with Gasteiger partial charge in [0.1, 0.15) is 22.9 Å². The lowest BCUT2D eigenvalue weighted by molar-refractivity contribution is -0.0123. The molecule has 2 spiro atoms. The molecule has 10 N–H and O–H groups in total. The highest BCUT2D eigenvalue weighted by molar-refractivity contribution is 6.22. The molecule has 0 bridgehead atoms. The summed E-state index contributed by atoms with van der Waals surface area (Å²) >= 11 is 6.94. The number of carbonyl (C=O) groups is 1. The minimum absolute atomic E-state index is 0.102. The van der Waals surface area contributed by atoms with Gasteiger partial charge in [-0.2, -0.15) is 0 Å². The van der Waals surface area contributed by atoms with Gasteiger partial charge in [0, 0.05) is 24.2 Å². The number of alkyl halides is 1. The molecule has 1 amide bonds. The van der Waals surface area contributed by atoms with Crippen molar-refractivity contribution in [3.63, 3.8) is 0 Å². The lowest BCUT2D eigenvalue weighted by Gasteiger charge is -2.51. The highest BCUT2D eigenvalue weighted by Gasteiger charge is 2.78. The number of aliphatic imine (C=N–C) groups is 2. The maximum Gasteiger partial charge on any atom is 0.272 e. The summed E-state index contributed by atoms with van der Waals surface area (Å²) in [5.41, 5.74) is 17.4. The highest BCUT2D eigenvalue weighted by atomic mass is 35.5. The van der Waals surface area contributed by atoms with Crippen molar-refractivity contribution in [3.05, 3.63) is 23.5 Å². The zero-order valence-corrected chi connectivity index (χ0v) is 16.1. The van der Waals surface area contributed by atoms with E-state index in [2.05, 4.69) is 25.6 Å². The highest BCUT2D eigenvalue weighted by Crippen LogP contribution is 2.64. The van der Waals surface area contributed by atoms with E-state index >= 15 is 0 Å². The molecule has 1 aliphatic carbocycles. The van der Waals surface area contributed by atoms with E-state index in [0.717, 1.165) is 5.56 Å². The first kappa shape index (κ1) is 17.4. The van der Waals surface area contributed by atoms with Gasteiger partial charge >= 0.3 is 0 Å². The Bertz CT molecular complexity index is 993. The van der Waals surface area contributed by atoms with Crippen LogP contribution in [0, 0.1) is 17.8 Å². The molecule has 29 heavy (non-hydrogen) atoms. The predicted molar refractivity (Wildman–Crippen MR) is 105 cm³/mol. The van der Waals surface area contributed by atoms with Gasteiger partial charge in [-0.3, -0.25) is 4.79 Å². The third-order valence-corrected chi connectivity index (χ3v) is 8.18. The number of hydrogen-bond donors (Lipinski definition) is 7. The second kappa shape index (κ2) is 5.15. The van der Waals surface area contributed by atoms with Gasteiger partial charge in [0.15, 0.2) is 18.1 Å². The van der Waals surface area contributed by atoms with E-state index in [9.17, 15) is 9.90 Å². The van der Waals surface area contributed by atoms with Crippen molar-refractivity contribution in [2.45, 2.75) is 28.8 Å². The number of aromatic amines is 1. The first-order chi connectivity index (χ1) is 13.9. The number of nitrogens with two attached hydrogens (primary N) is 3. The number of nitrogens with zero attached hydrogens (tertiary/aromatic N) is 3. The number of aliphatic hydroxyl groups excluding tert-OH is 1. The number of fused-ring (bicyclic) bond motifs is 4. The zero-order chi connectivity index (χ0) is 20.3. The maximum absolute atomic E-state index is 13.4. The van der Waals surface area contributed by atoms with Gasteiger partial charge in [-0.25, -0.2) is 9.98 Å². The second-order valence-electron chi connectivity index (χ2n) is 8.48. The minimum atomic E-state index is -1.18. The molecule has 3 unspecified atom stereocenters. The molecule has 11 nitrogen and oxygen atoms in total. The topological polar surface area (TPSA) is 183 Å². The van der Waals surface area contributed by atoms with E-state index < -0.39 is 28.8 Å². The molecule has 1 saturated heterocycles. The number of aliphatic hydroxyl groups is 1. The van der Waals surface area contributed by atoms with E-state index in [-0.39, 0.29) is 35.6 Å². The second-order valence-corrected chi connectivity index (χ2v) is 8.95. The van der Waals surface area contributed by atoms with E-state index in [4.69, 9.17) is 28.8 Å². The summed E-state index contributed by atoms with van der Waals surface area (Å²) in [5, 5.41) is 16.9. The number of hydrogen-bond acceptors (Lipinski definition) is 9. The summed E-state index contributed by atoms with van der Waals surface area (Å²) in [6.45, 7) is 0.713. The van der Waals surface area contributed by atoms with Crippen molar-refractivity contribution in [2.75, 3.05) is 13.1 Å². The summed E-state index contributed by atoms with van der Waals surface area (Å²) < 4.78 is 0. The fraction of sp³-hybridized carbons (Fsp3) is 0.588. The third-order valence-electron chi connectivity index (χ3n) is 7.49. The Morgan fingerprint density at radius 1 is 1.31 bits per heavy atom. The average molecular weight is 420 g/mol. The number of halogens is 1. The van der Waals surface area contributed by atoms with Crippen molar-refractivity contribution in [2.24, 2.45) is 44.9 Å². The summed E-state index contributed by atoms with van der Waals surface area (Å²) in [5.74, 6) is -0.446. The quantitative estimate of drug-likeness (QED) is 0.246. The van der Waals surface area contributed by atoms with Crippen LogP contribution in [0.5, 0.6) is 0 Å². The first-order valence-corrected chi connectivity index (χ1v) is 10.0. The average Bonchev–Trinajstić information content (AvgIpc) is 3.42. The summed E-state index contributed by atoms with van der Waals surface area (Å²) in [4.78, 5) is 27.0. The number of aromatic nitrogens is 1. The van der Waals surface area contributed by atoms with Crippen LogP contribution < -0.4 is 27.8 Å². The van der Waals surface area contributed by atoms with Crippen LogP contribution in [0.3, 0.4) is 0 Å². The lowest BCUT2D eigenvalue weighted by atomic mass is 9.70. The molecule has 8 atom stereocenters. The Balaban J connectivity index is 1.60. The van der Waals surface area contributed by atoms with Gasteiger partial charge in [-0.15, -0.1) is 11.6 Å². The molecule has 0 aromatic carbocycles. The molecular formula is C17H22ClN9O2. The lowest BCUT2D eigenvalue weighted by Crippen LogP contribution is -2.73. The molecule has 2 fully saturated rings. The van der Waals surface area contributed by atoms with Crippen molar-refractivity contribution in [1.29, 1.82) is 0 Å². The van der Waals surface area contributed by atoms with Crippen molar-refractivity contribution < 1.29 is 9.90 Å². The molecule has 0 radical (unpaired) electrons. The van der Waals surface area contributed by atoms with Gasteiger partial charge in [0.2, 0.25) is 0 Å². The number of rotatable bonds is 1. The van der Waals surface area contributed by atoms with Crippen LogP contribution in [0.25, 0.3) is 0 Å². The summed E-state index contributed by atoms with van der Waals surface area (Å²) in [6, 6.07) is 1.39. The van der Waals surface area contributed by atoms with Crippen LogP contribution in [0.2, 0.25) is 0 Å². The van der Waals surface area contributed by atoms with Gasteiger partial charge < -0.3 is 42.8 Å². The van der Waals surface area contributed by atoms with Gasteiger partial charge in [-0.1, -0.05) is 0 Å². The largest absolute Gasteiger partial charge is 0.370 e. The Labute approximate surface area is 170 Å². The van der Waals surface area contributed by atoms with Gasteiger partial charge in [0.05, 0.1) is 5.38 Å². The Morgan fingerprint density at radius 3 is 2.76 bits per heavy atom. The number of amides is 1. The Morgan fingerprint density at radius 2 is 2.07 bits per heavy atom. The SMILES string of the molecule is NC[C@H]1C2CN3C(=O)c4[nH]ccc4C4N=C(N)N[C@]43C2[C@@]2(NC(N)=N[C@H]2O)[C@H]1Cl.